The molecule has 0 unspecified atom stereocenters. The van der Waals surface area contributed by atoms with Crippen molar-refractivity contribution in [3.8, 4) is 11.5 Å². The second-order valence-electron chi connectivity index (χ2n) is 4.75. The van der Waals surface area contributed by atoms with Gasteiger partial charge in [-0.3, -0.25) is 4.68 Å². The van der Waals surface area contributed by atoms with Gasteiger partial charge in [0.2, 0.25) is 0 Å². The van der Waals surface area contributed by atoms with Gasteiger partial charge in [-0.25, -0.2) is 0 Å². The van der Waals surface area contributed by atoms with Crippen molar-refractivity contribution >= 4 is 15.9 Å². The van der Waals surface area contributed by atoms with E-state index in [0.29, 0.717) is 13.2 Å². The fraction of sp³-hybridized carbons (Fsp3) is 0.400. The van der Waals surface area contributed by atoms with Crippen LogP contribution in [0.3, 0.4) is 0 Å². The van der Waals surface area contributed by atoms with Gasteiger partial charge in [-0.1, -0.05) is 12.1 Å². The topological polar surface area (TPSA) is 62.3 Å². The monoisotopic (exact) mass is 353 g/mol. The first-order valence-electron chi connectivity index (χ1n) is 6.75. The normalized spacial score (nSPS) is 10.7. The van der Waals surface area contributed by atoms with Gasteiger partial charge in [0.25, 0.3) is 0 Å². The lowest BCUT2D eigenvalue weighted by Crippen LogP contribution is -2.08. The smallest absolute Gasteiger partial charge is 0.164 e. The van der Waals surface area contributed by atoms with Gasteiger partial charge in [-0.15, -0.1) is 0 Å². The predicted octanol–water partition coefficient (Wildman–Crippen LogP) is 2.58. The predicted molar refractivity (Wildman–Crippen MR) is 85.7 cm³/mol. The molecule has 1 heterocycles. The molecular formula is C15H20BrN3O2. The standard InChI is InChI=1S/C15H20BrN3O2/c1-10-14(16)12(19(2)18-10)9-21-15-11(7-8-17)5-4-6-13(15)20-3/h4-6H,7-9,17H2,1-3H3. The first-order valence-corrected chi connectivity index (χ1v) is 7.54. The summed E-state index contributed by atoms with van der Waals surface area (Å²) in [5, 5.41) is 4.36. The molecule has 114 valence electrons. The zero-order valence-electron chi connectivity index (χ0n) is 12.5. The Morgan fingerprint density at radius 3 is 2.71 bits per heavy atom. The molecular weight excluding hydrogens is 334 g/mol. The molecule has 0 spiro atoms. The summed E-state index contributed by atoms with van der Waals surface area (Å²) in [5.74, 6) is 1.46. The van der Waals surface area contributed by atoms with Gasteiger partial charge in [0.1, 0.15) is 6.61 Å². The number of rotatable bonds is 6. The van der Waals surface area contributed by atoms with E-state index < -0.39 is 0 Å². The zero-order chi connectivity index (χ0) is 15.4. The first kappa shape index (κ1) is 15.9. The number of hydrogen-bond acceptors (Lipinski definition) is 4. The lowest BCUT2D eigenvalue weighted by Gasteiger charge is -2.15. The number of aryl methyl sites for hydroxylation is 2. The Hall–Kier alpha value is -1.53. The van der Waals surface area contributed by atoms with Crippen molar-refractivity contribution in [1.82, 2.24) is 9.78 Å². The largest absolute Gasteiger partial charge is 0.493 e. The van der Waals surface area contributed by atoms with Gasteiger partial charge >= 0.3 is 0 Å². The van der Waals surface area contributed by atoms with Gasteiger partial charge < -0.3 is 15.2 Å². The Balaban J connectivity index is 2.26. The Kier molecular flexibility index (Phi) is 5.25. The van der Waals surface area contributed by atoms with E-state index in [2.05, 4.69) is 21.0 Å². The van der Waals surface area contributed by atoms with E-state index in [1.54, 1.807) is 7.11 Å². The highest BCUT2D eigenvalue weighted by Gasteiger charge is 2.14. The number of methoxy groups -OCH3 is 1. The van der Waals surface area contributed by atoms with Gasteiger partial charge in [0.15, 0.2) is 11.5 Å². The summed E-state index contributed by atoms with van der Waals surface area (Å²) >= 11 is 3.54. The van der Waals surface area contributed by atoms with Gasteiger partial charge in [0, 0.05) is 7.05 Å². The SMILES string of the molecule is COc1cccc(CCN)c1OCc1c(Br)c(C)nn1C. The average Bonchev–Trinajstić information content (AvgIpc) is 2.71. The number of para-hydroxylation sites is 1. The van der Waals surface area contributed by atoms with Crippen molar-refractivity contribution in [2.45, 2.75) is 20.0 Å². The summed E-state index contributed by atoms with van der Waals surface area (Å²) in [6.45, 7) is 2.93. The molecule has 0 bridgehead atoms. The van der Waals surface area contributed by atoms with E-state index in [9.17, 15) is 0 Å². The summed E-state index contributed by atoms with van der Waals surface area (Å²) in [5.41, 5.74) is 8.64. The number of halogens is 1. The zero-order valence-corrected chi connectivity index (χ0v) is 14.1. The molecule has 5 nitrogen and oxygen atoms in total. The summed E-state index contributed by atoms with van der Waals surface area (Å²) in [6, 6.07) is 5.84. The molecule has 21 heavy (non-hydrogen) atoms. The number of aromatic nitrogens is 2. The summed E-state index contributed by atoms with van der Waals surface area (Å²) in [7, 11) is 3.54. The van der Waals surface area contributed by atoms with E-state index in [0.717, 1.165) is 39.3 Å². The molecule has 0 aliphatic carbocycles. The molecule has 0 atom stereocenters. The molecule has 0 aliphatic heterocycles. The minimum atomic E-state index is 0.413. The van der Waals surface area contributed by atoms with Crippen molar-refractivity contribution in [3.63, 3.8) is 0 Å². The lowest BCUT2D eigenvalue weighted by atomic mass is 10.1. The Morgan fingerprint density at radius 1 is 1.38 bits per heavy atom. The number of hydrogen-bond donors (Lipinski definition) is 1. The van der Waals surface area contributed by atoms with Crippen LogP contribution in [-0.4, -0.2) is 23.4 Å². The minimum Gasteiger partial charge on any atom is -0.493 e. The van der Waals surface area contributed by atoms with Crippen molar-refractivity contribution in [3.05, 3.63) is 39.6 Å². The molecule has 2 N–H and O–H groups in total. The van der Waals surface area contributed by atoms with Crippen LogP contribution in [0.2, 0.25) is 0 Å². The lowest BCUT2D eigenvalue weighted by molar-refractivity contribution is 0.272. The van der Waals surface area contributed by atoms with Crippen LogP contribution >= 0.6 is 15.9 Å². The van der Waals surface area contributed by atoms with E-state index in [1.165, 1.54) is 0 Å². The molecule has 2 rings (SSSR count). The maximum Gasteiger partial charge on any atom is 0.164 e. The third-order valence-electron chi connectivity index (χ3n) is 3.31. The van der Waals surface area contributed by atoms with E-state index >= 15 is 0 Å². The molecule has 0 fully saturated rings. The molecule has 0 aliphatic rings. The number of benzene rings is 1. The van der Waals surface area contributed by atoms with Gasteiger partial charge in [-0.05, 0) is 47.4 Å². The van der Waals surface area contributed by atoms with E-state index in [1.807, 2.05) is 36.9 Å². The van der Waals surface area contributed by atoms with Crippen molar-refractivity contribution in [2.24, 2.45) is 12.8 Å². The van der Waals surface area contributed by atoms with Crippen LogP contribution in [0.5, 0.6) is 11.5 Å². The molecule has 1 aromatic carbocycles. The van der Waals surface area contributed by atoms with E-state index in [-0.39, 0.29) is 0 Å². The molecule has 6 heteroatoms. The maximum absolute atomic E-state index is 6.00. The van der Waals surface area contributed by atoms with Crippen LogP contribution in [0.15, 0.2) is 22.7 Å². The second-order valence-corrected chi connectivity index (χ2v) is 5.54. The molecule has 1 aromatic heterocycles. The van der Waals surface area contributed by atoms with Crippen molar-refractivity contribution in [2.75, 3.05) is 13.7 Å². The summed E-state index contributed by atoms with van der Waals surface area (Å²) < 4.78 is 14.2. The molecule has 0 radical (unpaired) electrons. The number of nitrogens with two attached hydrogens (primary N) is 1. The fourth-order valence-corrected chi connectivity index (χ4v) is 2.67. The van der Waals surface area contributed by atoms with Crippen molar-refractivity contribution in [1.29, 1.82) is 0 Å². The third kappa shape index (κ3) is 3.39. The highest BCUT2D eigenvalue weighted by atomic mass is 79.9. The quantitative estimate of drug-likeness (QED) is 0.866. The average molecular weight is 354 g/mol. The van der Waals surface area contributed by atoms with Crippen LogP contribution in [0.1, 0.15) is 17.0 Å². The van der Waals surface area contributed by atoms with E-state index in [4.69, 9.17) is 15.2 Å². The highest BCUT2D eigenvalue weighted by Crippen LogP contribution is 2.32. The second kappa shape index (κ2) is 6.95. The van der Waals surface area contributed by atoms with Crippen LogP contribution in [0.4, 0.5) is 0 Å². The Labute approximate surface area is 133 Å². The minimum absolute atomic E-state index is 0.413. The maximum atomic E-state index is 6.00. The first-order chi connectivity index (χ1) is 10.1. The Bertz CT molecular complexity index is 626. The van der Waals surface area contributed by atoms with Crippen LogP contribution in [0, 0.1) is 6.92 Å². The molecule has 2 aromatic rings. The number of ether oxygens (including phenoxy) is 2. The summed E-state index contributed by atoms with van der Waals surface area (Å²) in [6.07, 6.45) is 0.748. The third-order valence-corrected chi connectivity index (χ3v) is 4.34. The van der Waals surface area contributed by atoms with Crippen LogP contribution < -0.4 is 15.2 Å². The van der Waals surface area contributed by atoms with Crippen LogP contribution in [0.25, 0.3) is 0 Å². The van der Waals surface area contributed by atoms with Gasteiger partial charge in [0.05, 0.1) is 23.0 Å². The molecule has 0 saturated carbocycles. The van der Waals surface area contributed by atoms with Gasteiger partial charge in [-0.2, -0.15) is 5.10 Å². The van der Waals surface area contributed by atoms with Crippen molar-refractivity contribution < 1.29 is 9.47 Å². The molecule has 0 amide bonds. The van der Waals surface area contributed by atoms with Crippen LogP contribution in [-0.2, 0) is 20.1 Å². The summed E-state index contributed by atoms with van der Waals surface area (Å²) in [4.78, 5) is 0. The highest BCUT2D eigenvalue weighted by molar-refractivity contribution is 9.10. The number of nitrogens with zero attached hydrogens (tertiary/aromatic N) is 2. The molecule has 0 saturated heterocycles. The fourth-order valence-electron chi connectivity index (χ4n) is 2.22. The Morgan fingerprint density at radius 2 is 2.14 bits per heavy atom.